The maximum absolute atomic E-state index is 14.2. The first-order valence-electron chi connectivity index (χ1n) is 21.4. The summed E-state index contributed by atoms with van der Waals surface area (Å²) in [4.78, 5) is 54.0. The number of allylic oxidation sites excluding steroid dienone is 1. The Morgan fingerprint density at radius 2 is 1.61 bits per heavy atom. The van der Waals surface area contributed by atoms with Crippen molar-refractivity contribution in [2.45, 2.75) is 145 Å². The number of carboxylic acid groups (broad SMARTS) is 1. The lowest BCUT2D eigenvalue weighted by molar-refractivity contribution is -0.235. The molecule has 3 N–H and O–H groups in total. The fourth-order valence-electron chi connectivity index (χ4n) is 13.6. The number of Topliss-reactive ketones (excluding diaryl/α,β-unsaturated/α-hetero) is 1. The molecule has 0 aromatic heterocycles. The second-order valence-corrected chi connectivity index (χ2v) is 20.9. The van der Waals surface area contributed by atoms with Crippen LogP contribution in [-0.2, 0) is 30.5 Å². The number of hydrogen-bond donors (Lipinski definition) is 3. The number of aliphatic hydroxyl groups is 1. The fraction of sp³-hybridized carbons (Fsp3) is 0.745. The molecule has 1 amide bonds. The minimum absolute atomic E-state index is 0.00265. The molecular formula is C47H70N2O7. The summed E-state index contributed by atoms with van der Waals surface area (Å²) in [7, 11) is 1.64. The van der Waals surface area contributed by atoms with E-state index in [4.69, 9.17) is 4.74 Å². The maximum atomic E-state index is 14.2. The molecule has 9 atom stereocenters. The molecule has 0 heterocycles. The Bertz CT molecular complexity index is 1730. The monoisotopic (exact) mass is 775 g/mol. The molecular weight excluding hydrogens is 705 g/mol. The molecule has 5 aliphatic rings. The van der Waals surface area contributed by atoms with Gasteiger partial charge in [0.2, 0.25) is 5.91 Å². The quantitative estimate of drug-likeness (QED) is 0.182. The summed E-state index contributed by atoms with van der Waals surface area (Å²) in [5.41, 5.74) is 1.10. The summed E-state index contributed by atoms with van der Waals surface area (Å²) >= 11 is 0. The van der Waals surface area contributed by atoms with E-state index in [2.05, 4.69) is 53.8 Å². The first-order chi connectivity index (χ1) is 26.1. The van der Waals surface area contributed by atoms with Crippen LogP contribution in [0.3, 0.4) is 0 Å². The molecule has 9 heteroatoms. The number of ketones is 1. The van der Waals surface area contributed by atoms with Gasteiger partial charge in [-0.15, -0.1) is 0 Å². The van der Waals surface area contributed by atoms with Crippen molar-refractivity contribution in [1.82, 2.24) is 10.2 Å². The van der Waals surface area contributed by atoms with E-state index in [9.17, 15) is 29.4 Å². The molecule has 0 radical (unpaired) electrons. The van der Waals surface area contributed by atoms with Crippen LogP contribution in [-0.4, -0.2) is 71.1 Å². The Morgan fingerprint density at radius 3 is 2.23 bits per heavy atom. The number of ether oxygens (including phenoxy) is 1. The number of fused-ring (bicyclic) bond motifs is 7. The molecule has 5 aliphatic carbocycles. The highest BCUT2D eigenvalue weighted by molar-refractivity contribution is 6.00. The van der Waals surface area contributed by atoms with E-state index < -0.39 is 28.9 Å². The zero-order valence-corrected chi connectivity index (χ0v) is 35.9. The molecule has 9 nitrogen and oxygen atoms in total. The normalized spacial score (nSPS) is 35.6. The number of hydrogen-bond acceptors (Lipinski definition) is 7. The van der Waals surface area contributed by atoms with Crippen LogP contribution in [0.15, 0.2) is 41.5 Å². The molecule has 4 saturated carbocycles. The van der Waals surface area contributed by atoms with E-state index in [0.717, 1.165) is 62.5 Å². The highest BCUT2D eigenvalue weighted by Gasteiger charge is 2.71. The summed E-state index contributed by atoms with van der Waals surface area (Å²) in [6.45, 7) is 20.5. The summed E-state index contributed by atoms with van der Waals surface area (Å²) in [5.74, 6) is -0.328. The van der Waals surface area contributed by atoms with Gasteiger partial charge in [0, 0.05) is 37.4 Å². The van der Waals surface area contributed by atoms with Gasteiger partial charge in [-0.05, 0) is 116 Å². The van der Waals surface area contributed by atoms with Gasteiger partial charge in [-0.2, -0.15) is 0 Å². The molecule has 1 aromatic rings. The minimum Gasteiger partial charge on any atom is -0.481 e. The largest absolute Gasteiger partial charge is 0.481 e. The van der Waals surface area contributed by atoms with Gasteiger partial charge in [-0.25, -0.2) is 0 Å². The second-order valence-electron chi connectivity index (χ2n) is 20.9. The molecule has 0 saturated heterocycles. The van der Waals surface area contributed by atoms with E-state index in [1.165, 1.54) is 5.57 Å². The molecule has 310 valence electrons. The Labute approximate surface area is 335 Å². The van der Waals surface area contributed by atoms with Crippen molar-refractivity contribution in [1.29, 1.82) is 0 Å². The lowest BCUT2D eigenvalue weighted by atomic mass is 9.33. The molecule has 1 aromatic carbocycles. The van der Waals surface area contributed by atoms with Crippen LogP contribution in [0.25, 0.3) is 0 Å². The number of nitrogens with one attached hydrogen (secondary N) is 1. The van der Waals surface area contributed by atoms with E-state index in [1.54, 1.807) is 20.9 Å². The summed E-state index contributed by atoms with van der Waals surface area (Å²) < 4.78 is 6.18. The van der Waals surface area contributed by atoms with Gasteiger partial charge in [0.25, 0.3) is 0 Å². The average molecular weight is 775 g/mol. The first kappa shape index (κ1) is 42.6. The molecule has 0 spiro atoms. The van der Waals surface area contributed by atoms with E-state index in [-0.39, 0.29) is 64.3 Å². The number of carboxylic acids is 1. The lowest BCUT2D eigenvalue weighted by Gasteiger charge is -2.72. The Hall–Kier alpha value is -3.04. The van der Waals surface area contributed by atoms with Crippen molar-refractivity contribution < 1.29 is 34.1 Å². The van der Waals surface area contributed by atoms with Crippen molar-refractivity contribution in [3.05, 3.63) is 47.0 Å². The van der Waals surface area contributed by atoms with E-state index in [0.29, 0.717) is 31.3 Å². The fourth-order valence-corrected chi connectivity index (χ4v) is 13.6. The predicted molar refractivity (Wildman–Crippen MR) is 217 cm³/mol. The summed E-state index contributed by atoms with van der Waals surface area (Å²) in [6.07, 6.45) is 6.59. The Morgan fingerprint density at radius 1 is 0.929 bits per heavy atom. The van der Waals surface area contributed by atoms with Crippen LogP contribution in [0, 0.1) is 56.2 Å². The zero-order valence-electron chi connectivity index (χ0n) is 35.9. The van der Waals surface area contributed by atoms with Crippen LogP contribution < -0.4 is 5.32 Å². The van der Waals surface area contributed by atoms with Crippen molar-refractivity contribution in [3.63, 3.8) is 0 Å². The molecule has 0 bridgehead atoms. The van der Waals surface area contributed by atoms with Gasteiger partial charge in [-0.3, -0.25) is 24.1 Å². The Kier molecular flexibility index (Phi) is 11.4. The van der Waals surface area contributed by atoms with Gasteiger partial charge in [0.15, 0.2) is 5.78 Å². The lowest BCUT2D eigenvalue weighted by Crippen LogP contribution is -2.66. The summed E-state index contributed by atoms with van der Waals surface area (Å²) in [5, 5.41) is 25.0. The van der Waals surface area contributed by atoms with Gasteiger partial charge in [0.05, 0.1) is 24.5 Å². The number of nitrogens with zero attached hydrogens (tertiary/aromatic N) is 1. The first-order valence-corrected chi connectivity index (χ1v) is 21.4. The number of amides is 1. The van der Waals surface area contributed by atoms with Gasteiger partial charge >= 0.3 is 11.9 Å². The SMILES string of the molecule is CNC(=O)CN(Cc1ccccc1)CC(O)C12CC[C@]3(C)[C@H](CC[C@@H]4[C@@]5(C)CC[C@H](OC(=O)CC(C)(C)C(=O)O)C(C)(C)[C@@H]5CC[C@]43C)C1=C(C(C)C)C(=O)C2. The van der Waals surface area contributed by atoms with Crippen LogP contribution in [0.2, 0.25) is 0 Å². The highest BCUT2D eigenvalue weighted by Crippen LogP contribution is 2.77. The molecule has 6 rings (SSSR count). The number of likely N-dealkylation sites (N-methyl/N-ethyl adjacent to an activating group) is 1. The smallest absolute Gasteiger partial charge is 0.309 e. The van der Waals surface area contributed by atoms with Crippen molar-refractivity contribution in [2.75, 3.05) is 20.1 Å². The number of aliphatic carboxylic acids is 1. The standard InChI is InChI=1S/C47H70N2O7/c1-29(2)39-32(50)24-47(35(51)27-49(28-37(52)48-10)26-30-14-12-11-13-15-30)23-22-45(8)31(40(39)47)16-17-34-44(7)20-19-36(56-38(53)25-42(3,4)41(54)55)43(5,6)33(44)18-21-46(34,45)9/h11-15,29,31,33-36,51H,16-28H2,1-10H3,(H,48,52)(H,54,55)/t31-,33+,34-,35?,36+,44+,45-,46-,47?/m1/s1. The zero-order chi connectivity index (χ0) is 41.2. The van der Waals surface area contributed by atoms with Crippen LogP contribution in [0.5, 0.6) is 0 Å². The van der Waals surface area contributed by atoms with E-state index in [1.807, 2.05) is 35.2 Å². The van der Waals surface area contributed by atoms with Crippen molar-refractivity contribution in [2.24, 2.45) is 56.2 Å². The molecule has 56 heavy (non-hydrogen) atoms. The topological polar surface area (TPSA) is 133 Å². The number of carbonyl (C=O) groups is 4. The van der Waals surface area contributed by atoms with Crippen LogP contribution in [0.1, 0.15) is 132 Å². The molecule has 2 unspecified atom stereocenters. The second kappa shape index (κ2) is 15.0. The maximum Gasteiger partial charge on any atom is 0.309 e. The van der Waals surface area contributed by atoms with Gasteiger partial charge < -0.3 is 20.3 Å². The van der Waals surface area contributed by atoms with E-state index >= 15 is 0 Å². The third-order valence-electron chi connectivity index (χ3n) is 16.8. The number of esters is 1. The third-order valence-corrected chi connectivity index (χ3v) is 16.8. The molecule has 4 fully saturated rings. The van der Waals surface area contributed by atoms with Crippen LogP contribution >= 0.6 is 0 Å². The minimum atomic E-state index is -1.18. The average Bonchev–Trinajstić information content (AvgIpc) is 3.43. The van der Waals surface area contributed by atoms with Gasteiger partial charge in [0.1, 0.15) is 6.10 Å². The number of benzene rings is 1. The number of aliphatic hydroxyl groups excluding tert-OH is 1. The predicted octanol–water partition coefficient (Wildman–Crippen LogP) is 7.99. The highest BCUT2D eigenvalue weighted by atomic mass is 16.5. The van der Waals surface area contributed by atoms with Crippen molar-refractivity contribution in [3.8, 4) is 0 Å². The van der Waals surface area contributed by atoms with Crippen LogP contribution in [0.4, 0.5) is 0 Å². The van der Waals surface area contributed by atoms with Gasteiger partial charge in [-0.1, -0.05) is 84.4 Å². The summed E-state index contributed by atoms with van der Waals surface area (Å²) in [6, 6.07) is 10.1. The van der Waals surface area contributed by atoms with Crippen molar-refractivity contribution >= 4 is 23.6 Å². The Balaban J connectivity index is 1.29. The third kappa shape index (κ3) is 6.88. The molecule has 0 aliphatic heterocycles. The number of carbonyl (C=O) groups excluding carboxylic acids is 3. The number of rotatable bonds is 12.